The van der Waals surface area contributed by atoms with Crippen molar-refractivity contribution in [1.82, 2.24) is 0 Å². The molecule has 0 bridgehead atoms. The lowest BCUT2D eigenvalue weighted by molar-refractivity contribution is 0.0524. The number of ether oxygens (including phenoxy) is 2. The van der Waals surface area contributed by atoms with Crippen molar-refractivity contribution in [3.63, 3.8) is 0 Å². The lowest BCUT2D eigenvalue weighted by Gasteiger charge is -2.11. The fraction of sp³-hybridized carbons (Fsp3) is 0.316. The first-order valence-corrected chi connectivity index (χ1v) is 8.77. The maximum atomic E-state index is 12.2. The number of carbonyl (C=O) groups excluding carboxylic acids is 1. The lowest BCUT2D eigenvalue weighted by atomic mass is 9.99. The van der Waals surface area contributed by atoms with Crippen LogP contribution in [0.4, 0.5) is 0 Å². The fourth-order valence-electron chi connectivity index (χ4n) is 2.87. The van der Waals surface area contributed by atoms with Crippen LogP contribution in [0.15, 0.2) is 46.2 Å². The summed E-state index contributed by atoms with van der Waals surface area (Å²) in [5.41, 5.74) is 2.99. The van der Waals surface area contributed by atoms with Crippen LogP contribution in [0, 0.1) is 0 Å². The van der Waals surface area contributed by atoms with Crippen LogP contribution >= 0.6 is 11.8 Å². The summed E-state index contributed by atoms with van der Waals surface area (Å²) in [7, 11) is 0. The minimum Gasteiger partial charge on any atom is -0.494 e. The Morgan fingerprint density at radius 3 is 2.43 bits per heavy atom. The predicted molar refractivity (Wildman–Crippen MR) is 91.5 cm³/mol. The zero-order valence-electron chi connectivity index (χ0n) is 13.4. The summed E-state index contributed by atoms with van der Waals surface area (Å²) in [6.07, 6.45) is 1.68. The van der Waals surface area contributed by atoms with E-state index in [0.29, 0.717) is 18.8 Å². The van der Waals surface area contributed by atoms with E-state index < -0.39 is 0 Å². The van der Waals surface area contributed by atoms with Crippen LogP contribution in [0.5, 0.6) is 5.75 Å². The molecule has 0 unspecified atom stereocenters. The summed E-state index contributed by atoms with van der Waals surface area (Å²) in [4.78, 5) is 14.5. The first-order chi connectivity index (χ1) is 11.2. The van der Waals surface area contributed by atoms with Gasteiger partial charge in [-0.25, -0.2) is 4.79 Å². The number of rotatable bonds is 4. The number of hydrogen-bond acceptors (Lipinski definition) is 4. The van der Waals surface area contributed by atoms with Crippen LogP contribution in [0.25, 0.3) is 0 Å². The van der Waals surface area contributed by atoms with Crippen molar-refractivity contribution >= 4 is 17.7 Å². The number of fused-ring (bicyclic) bond motifs is 2. The molecule has 0 N–H and O–H groups in total. The third kappa shape index (κ3) is 3.22. The summed E-state index contributed by atoms with van der Waals surface area (Å²) < 4.78 is 11.0. The molecule has 0 saturated carbocycles. The molecule has 0 fully saturated rings. The van der Waals surface area contributed by atoms with Crippen LogP contribution < -0.4 is 4.74 Å². The van der Waals surface area contributed by atoms with Crippen molar-refractivity contribution in [3.05, 3.63) is 53.1 Å². The lowest BCUT2D eigenvalue weighted by Crippen LogP contribution is -2.09. The second-order valence-electron chi connectivity index (χ2n) is 5.27. The van der Waals surface area contributed by atoms with Gasteiger partial charge in [-0.3, -0.25) is 0 Å². The van der Waals surface area contributed by atoms with Gasteiger partial charge in [0.2, 0.25) is 0 Å². The van der Waals surface area contributed by atoms with Crippen molar-refractivity contribution < 1.29 is 14.3 Å². The highest BCUT2D eigenvalue weighted by Gasteiger charge is 2.22. The molecule has 0 atom stereocenters. The number of carbonyl (C=O) groups is 1. The highest BCUT2D eigenvalue weighted by atomic mass is 32.2. The van der Waals surface area contributed by atoms with Crippen LogP contribution in [0.2, 0.25) is 0 Å². The van der Waals surface area contributed by atoms with Crippen LogP contribution in [0.3, 0.4) is 0 Å². The van der Waals surface area contributed by atoms with E-state index in [1.165, 1.54) is 10.5 Å². The van der Waals surface area contributed by atoms with E-state index in [-0.39, 0.29) is 5.97 Å². The normalized spacial score (nSPS) is 12.8. The van der Waals surface area contributed by atoms with E-state index in [1.807, 2.05) is 38.1 Å². The van der Waals surface area contributed by atoms with E-state index in [4.69, 9.17) is 9.47 Å². The topological polar surface area (TPSA) is 35.5 Å². The standard InChI is InChI=1S/C19H20O3S/c1-3-21-16-8-6-10-18-15(16)12-11-13-14(19(20)22-4-2)7-5-9-17(13)23-18/h5-10H,3-4,11-12H2,1-2H3. The summed E-state index contributed by atoms with van der Waals surface area (Å²) in [6.45, 7) is 4.88. The Bertz CT molecular complexity index is 725. The molecule has 4 heteroatoms. The smallest absolute Gasteiger partial charge is 0.338 e. The molecule has 0 amide bonds. The molecule has 3 nitrogen and oxygen atoms in total. The third-order valence-corrected chi connectivity index (χ3v) is 5.07. The first-order valence-electron chi connectivity index (χ1n) is 7.96. The monoisotopic (exact) mass is 328 g/mol. The van der Waals surface area contributed by atoms with E-state index in [1.54, 1.807) is 11.8 Å². The largest absolute Gasteiger partial charge is 0.494 e. The van der Waals surface area contributed by atoms with Gasteiger partial charge in [0, 0.05) is 15.4 Å². The Kier molecular flexibility index (Phi) is 4.91. The van der Waals surface area contributed by atoms with Gasteiger partial charge in [0.1, 0.15) is 5.75 Å². The van der Waals surface area contributed by atoms with Crippen LogP contribution in [-0.2, 0) is 17.6 Å². The van der Waals surface area contributed by atoms with Crippen LogP contribution in [0.1, 0.15) is 35.3 Å². The fourth-order valence-corrected chi connectivity index (χ4v) is 4.06. The van der Waals surface area contributed by atoms with Crippen molar-refractivity contribution in [3.8, 4) is 5.75 Å². The summed E-state index contributed by atoms with van der Waals surface area (Å²) in [5, 5.41) is 0. The second kappa shape index (κ2) is 7.09. The van der Waals surface area contributed by atoms with Gasteiger partial charge in [0.25, 0.3) is 0 Å². The van der Waals surface area contributed by atoms with Gasteiger partial charge in [0.15, 0.2) is 0 Å². The molecule has 1 aliphatic heterocycles. The summed E-state index contributed by atoms with van der Waals surface area (Å²) >= 11 is 1.71. The Morgan fingerprint density at radius 1 is 1.00 bits per heavy atom. The molecule has 1 aliphatic rings. The van der Waals surface area contributed by atoms with Gasteiger partial charge in [-0.2, -0.15) is 0 Å². The van der Waals surface area contributed by atoms with E-state index in [2.05, 4.69) is 12.1 Å². The Hall–Kier alpha value is -1.94. The highest BCUT2D eigenvalue weighted by Crippen LogP contribution is 2.41. The molecular formula is C19H20O3S. The van der Waals surface area contributed by atoms with Crippen molar-refractivity contribution in [2.45, 2.75) is 36.5 Å². The molecular weight excluding hydrogens is 308 g/mol. The SMILES string of the molecule is CCOC(=O)c1cccc2c1CCc1c(OCC)cccc1S2. The summed E-state index contributed by atoms with van der Waals surface area (Å²) in [5.74, 6) is 0.712. The van der Waals surface area contributed by atoms with Gasteiger partial charge in [-0.15, -0.1) is 0 Å². The van der Waals surface area contributed by atoms with Gasteiger partial charge < -0.3 is 9.47 Å². The van der Waals surface area contributed by atoms with Gasteiger partial charge in [-0.1, -0.05) is 23.9 Å². The summed E-state index contributed by atoms with van der Waals surface area (Å²) in [6, 6.07) is 12.0. The maximum absolute atomic E-state index is 12.2. The highest BCUT2D eigenvalue weighted by molar-refractivity contribution is 7.99. The van der Waals surface area contributed by atoms with E-state index in [0.717, 1.165) is 29.1 Å². The Morgan fingerprint density at radius 2 is 1.70 bits per heavy atom. The number of hydrogen-bond donors (Lipinski definition) is 0. The second-order valence-corrected chi connectivity index (χ2v) is 6.35. The maximum Gasteiger partial charge on any atom is 0.338 e. The quantitative estimate of drug-likeness (QED) is 0.774. The number of esters is 1. The zero-order chi connectivity index (χ0) is 16.2. The molecule has 2 aromatic rings. The first kappa shape index (κ1) is 15.9. The third-order valence-electron chi connectivity index (χ3n) is 3.86. The number of benzene rings is 2. The molecule has 23 heavy (non-hydrogen) atoms. The molecule has 0 radical (unpaired) electrons. The molecule has 3 rings (SSSR count). The molecule has 0 saturated heterocycles. The minimum atomic E-state index is -0.235. The van der Waals surface area contributed by atoms with Crippen molar-refractivity contribution in [2.24, 2.45) is 0 Å². The Labute approximate surface area is 141 Å². The molecule has 120 valence electrons. The molecule has 0 aliphatic carbocycles. The average molecular weight is 328 g/mol. The van der Waals surface area contributed by atoms with Crippen LogP contribution in [-0.4, -0.2) is 19.2 Å². The van der Waals surface area contributed by atoms with Crippen molar-refractivity contribution in [1.29, 1.82) is 0 Å². The molecule has 2 aromatic carbocycles. The molecule has 1 heterocycles. The molecule has 0 aromatic heterocycles. The van der Waals surface area contributed by atoms with Gasteiger partial charge in [-0.05, 0) is 56.5 Å². The van der Waals surface area contributed by atoms with Gasteiger partial charge >= 0.3 is 5.97 Å². The van der Waals surface area contributed by atoms with Crippen molar-refractivity contribution in [2.75, 3.05) is 13.2 Å². The van der Waals surface area contributed by atoms with Gasteiger partial charge in [0.05, 0.1) is 18.8 Å². The zero-order valence-corrected chi connectivity index (χ0v) is 14.2. The molecule has 0 spiro atoms. The minimum absolute atomic E-state index is 0.235. The predicted octanol–water partition coefficient (Wildman–Crippen LogP) is 4.51. The average Bonchev–Trinajstić information content (AvgIpc) is 2.74. The van der Waals surface area contributed by atoms with E-state index >= 15 is 0 Å². The van der Waals surface area contributed by atoms with E-state index in [9.17, 15) is 4.79 Å². The Balaban J connectivity index is 2.00.